The monoisotopic (exact) mass is 442 g/mol. The highest BCUT2D eigenvalue weighted by Crippen LogP contribution is 2.28. The van der Waals surface area contributed by atoms with Crippen LogP contribution in [0.3, 0.4) is 0 Å². The molecule has 0 saturated carbocycles. The molecule has 3 rings (SSSR count). The van der Waals surface area contributed by atoms with E-state index in [4.69, 9.17) is 16.3 Å². The molecule has 0 aliphatic carbocycles. The molecule has 0 unspecified atom stereocenters. The fraction of sp³-hybridized carbons (Fsp3) is 0.600. The SMILES string of the molecule is O=C(OCC(=O)N1CCCCCC1)c1ccc(Cl)c(S(=O)(=O)N2CCCCC2)c1. The standard InChI is InChI=1S/C20H27ClN2O5S/c21-17-9-8-16(14-18(17)29(26,27)23-12-6-3-7-13-23)20(25)28-15-19(24)22-10-4-1-2-5-11-22/h8-9,14H,1-7,10-13,15H2. The van der Waals surface area contributed by atoms with Gasteiger partial charge in [0.25, 0.3) is 5.91 Å². The van der Waals surface area contributed by atoms with Crippen LogP contribution in [0.25, 0.3) is 0 Å². The fourth-order valence-electron chi connectivity index (χ4n) is 3.69. The Morgan fingerprint density at radius 3 is 2.17 bits per heavy atom. The van der Waals surface area contributed by atoms with E-state index in [-0.39, 0.29) is 28.0 Å². The highest BCUT2D eigenvalue weighted by Gasteiger charge is 2.29. The van der Waals surface area contributed by atoms with E-state index in [1.54, 1.807) is 4.90 Å². The Morgan fingerprint density at radius 1 is 0.931 bits per heavy atom. The average molecular weight is 443 g/mol. The summed E-state index contributed by atoms with van der Waals surface area (Å²) in [5.41, 5.74) is 0.0636. The van der Waals surface area contributed by atoms with Gasteiger partial charge in [-0.3, -0.25) is 4.79 Å². The molecule has 2 aliphatic heterocycles. The van der Waals surface area contributed by atoms with Gasteiger partial charge in [0.2, 0.25) is 10.0 Å². The number of halogens is 1. The summed E-state index contributed by atoms with van der Waals surface area (Å²) in [7, 11) is -3.78. The molecule has 2 heterocycles. The summed E-state index contributed by atoms with van der Waals surface area (Å²) in [6.45, 7) is 1.89. The molecule has 2 saturated heterocycles. The first kappa shape index (κ1) is 22.1. The molecule has 7 nitrogen and oxygen atoms in total. The quantitative estimate of drug-likeness (QED) is 0.654. The Labute approximate surface area is 177 Å². The summed E-state index contributed by atoms with van der Waals surface area (Å²) in [6, 6.07) is 4.03. The number of nitrogens with zero attached hydrogens (tertiary/aromatic N) is 2. The van der Waals surface area contributed by atoms with Crippen LogP contribution in [0.5, 0.6) is 0 Å². The normalized spacial score (nSPS) is 18.9. The summed E-state index contributed by atoms with van der Waals surface area (Å²) in [4.78, 5) is 26.3. The van der Waals surface area contributed by atoms with Crippen LogP contribution in [0.15, 0.2) is 23.1 Å². The molecule has 160 valence electrons. The summed E-state index contributed by atoms with van der Waals surface area (Å²) in [5.74, 6) is -0.963. The first-order valence-electron chi connectivity index (χ1n) is 10.1. The number of benzene rings is 1. The average Bonchev–Trinajstić information content (AvgIpc) is 3.02. The van der Waals surface area contributed by atoms with Gasteiger partial charge in [-0.2, -0.15) is 4.31 Å². The zero-order chi connectivity index (χ0) is 20.9. The molecule has 0 N–H and O–H groups in total. The van der Waals surface area contributed by atoms with Crippen molar-refractivity contribution in [3.05, 3.63) is 28.8 Å². The smallest absolute Gasteiger partial charge is 0.338 e. The first-order chi connectivity index (χ1) is 13.9. The van der Waals surface area contributed by atoms with Gasteiger partial charge in [0.15, 0.2) is 6.61 Å². The van der Waals surface area contributed by atoms with E-state index in [1.165, 1.54) is 22.5 Å². The van der Waals surface area contributed by atoms with Gasteiger partial charge in [-0.25, -0.2) is 13.2 Å². The van der Waals surface area contributed by atoms with Gasteiger partial charge in [0, 0.05) is 26.2 Å². The van der Waals surface area contributed by atoms with Crippen molar-refractivity contribution < 1.29 is 22.7 Å². The molecule has 0 atom stereocenters. The molecule has 29 heavy (non-hydrogen) atoms. The van der Waals surface area contributed by atoms with Gasteiger partial charge in [-0.1, -0.05) is 30.9 Å². The second kappa shape index (κ2) is 9.91. The van der Waals surface area contributed by atoms with Crippen molar-refractivity contribution in [2.75, 3.05) is 32.8 Å². The molecule has 2 fully saturated rings. The maximum Gasteiger partial charge on any atom is 0.338 e. The van der Waals surface area contributed by atoms with Gasteiger partial charge in [0.1, 0.15) is 4.90 Å². The second-order valence-corrected chi connectivity index (χ2v) is 9.79. The summed E-state index contributed by atoms with van der Waals surface area (Å²) >= 11 is 6.13. The van der Waals surface area contributed by atoms with Crippen LogP contribution in [0.2, 0.25) is 5.02 Å². The minimum absolute atomic E-state index is 0.0627. The largest absolute Gasteiger partial charge is 0.452 e. The molecule has 9 heteroatoms. The van der Waals surface area contributed by atoms with Gasteiger partial charge >= 0.3 is 5.97 Å². The van der Waals surface area contributed by atoms with Gasteiger partial charge < -0.3 is 9.64 Å². The lowest BCUT2D eigenvalue weighted by Crippen LogP contribution is -2.36. The zero-order valence-electron chi connectivity index (χ0n) is 16.4. The molecule has 0 spiro atoms. The summed E-state index contributed by atoms with van der Waals surface area (Å²) in [6.07, 6.45) is 6.71. The van der Waals surface area contributed by atoms with Crippen molar-refractivity contribution in [3.8, 4) is 0 Å². The predicted molar refractivity (Wildman–Crippen MR) is 109 cm³/mol. The van der Waals surface area contributed by atoms with Gasteiger partial charge in [-0.15, -0.1) is 0 Å². The molecular weight excluding hydrogens is 416 g/mol. The molecule has 1 aromatic rings. The number of likely N-dealkylation sites (tertiary alicyclic amines) is 1. The lowest BCUT2D eigenvalue weighted by atomic mass is 10.2. The molecule has 2 aliphatic rings. The van der Waals surface area contributed by atoms with Gasteiger partial charge in [0.05, 0.1) is 10.6 Å². The number of esters is 1. The number of carbonyl (C=O) groups excluding carboxylic acids is 2. The van der Waals surface area contributed by atoms with Crippen LogP contribution in [-0.2, 0) is 19.6 Å². The van der Waals surface area contributed by atoms with Crippen molar-refractivity contribution in [1.82, 2.24) is 9.21 Å². The number of carbonyl (C=O) groups is 2. The van der Waals surface area contributed by atoms with Crippen molar-refractivity contribution in [1.29, 1.82) is 0 Å². The first-order valence-corrected chi connectivity index (χ1v) is 12.0. The maximum absolute atomic E-state index is 12.9. The minimum atomic E-state index is -3.78. The van der Waals surface area contributed by atoms with Crippen LogP contribution >= 0.6 is 11.6 Å². The number of hydrogen-bond acceptors (Lipinski definition) is 5. The third kappa shape index (κ3) is 5.49. The van der Waals surface area contributed by atoms with E-state index >= 15 is 0 Å². The third-order valence-corrected chi connectivity index (χ3v) is 7.77. The Kier molecular flexibility index (Phi) is 7.54. The van der Waals surface area contributed by atoms with Crippen molar-refractivity contribution in [2.24, 2.45) is 0 Å². The summed E-state index contributed by atoms with van der Waals surface area (Å²) < 4.78 is 32.4. The number of ether oxygens (including phenoxy) is 1. The third-order valence-electron chi connectivity index (χ3n) is 5.39. The second-order valence-electron chi connectivity index (χ2n) is 7.48. The number of hydrogen-bond donors (Lipinski definition) is 0. The Bertz CT molecular complexity index is 844. The Balaban J connectivity index is 1.68. The molecule has 1 amide bonds. The van der Waals surface area contributed by atoms with Crippen molar-refractivity contribution in [2.45, 2.75) is 49.8 Å². The molecule has 1 aromatic carbocycles. The highest BCUT2D eigenvalue weighted by molar-refractivity contribution is 7.89. The number of piperidine rings is 1. The van der Waals surface area contributed by atoms with Crippen LogP contribution in [0.4, 0.5) is 0 Å². The molecule has 0 bridgehead atoms. The van der Waals surface area contributed by atoms with Gasteiger partial charge in [-0.05, 0) is 43.9 Å². The highest BCUT2D eigenvalue weighted by atomic mass is 35.5. The predicted octanol–water partition coefficient (Wildman–Crippen LogP) is 3.07. The number of rotatable bonds is 5. The Hall–Kier alpha value is -1.64. The maximum atomic E-state index is 12.9. The molecule has 0 aromatic heterocycles. The zero-order valence-corrected chi connectivity index (χ0v) is 18.0. The van der Waals surface area contributed by atoms with E-state index in [0.717, 1.165) is 44.9 Å². The van der Waals surface area contributed by atoms with Crippen LogP contribution in [0.1, 0.15) is 55.3 Å². The van der Waals surface area contributed by atoms with Crippen LogP contribution in [-0.4, -0.2) is 62.3 Å². The van der Waals surface area contributed by atoms with E-state index in [1.807, 2.05) is 0 Å². The van der Waals surface area contributed by atoms with Crippen molar-refractivity contribution >= 4 is 33.5 Å². The minimum Gasteiger partial charge on any atom is -0.452 e. The topological polar surface area (TPSA) is 84.0 Å². The fourth-order valence-corrected chi connectivity index (χ4v) is 5.71. The van der Waals surface area contributed by atoms with Crippen LogP contribution < -0.4 is 0 Å². The van der Waals surface area contributed by atoms with Crippen molar-refractivity contribution in [3.63, 3.8) is 0 Å². The lowest BCUT2D eigenvalue weighted by molar-refractivity contribution is -0.134. The van der Waals surface area contributed by atoms with E-state index < -0.39 is 16.0 Å². The summed E-state index contributed by atoms with van der Waals surface area (Å²) in [5, 5.41) is 0.0627. The number of amides is 1. The van der Waals surface area contributed by atoms with E-state index in [9.17, 15) is 18.0 Å². The lowest BCUT2D eigenvalue weighted by Gasteiger charge is -2.26. The molecular formula is C20H27ClN2O5S. The van der Waals surface area contributed by atoms with Crippen LogP contribution in [0, 0.1) is 0 Å². The number of sulfonamides is 1. The van der Waals surface area contributed by atoms with E-state index in [0.29, 0.717) is 26.2 Å². The van der Waals surface area contributed by atoms with E-state index in [2.05, 4.69) is 0 Å². The Morgan fingerprint density at radius 2 is 1.52 bits per heavy atom. The molecule has 0 radical (unpaired) electrons.